The fourth-order valence-electron chi connectivity index (χ4n) is 4.39. The highest BCUT2D eigenvalue weighted by Crippen LogP contribution is 2.43. The highest BCUT2D eigenvalue weighted by Gasteiger charge is 2.52. The van der Waals surface area contributed by atoms with E-state index in [2.05, 4.69) is 4.98 Å². The Kier molecular flexibility index (Phi) is 6.77. The van der Waals surface area contributed by atoms with E-state index in [1.807, 2.05) is 29.8 Å². The number of hydrogen-bond donors (Lipinski definition) is 0. The summed E-state index contributed by atoms with van der Waals surface area (Å²) in [5, 5.41) is 0. The van der Waals surface area contributed by atoms with Gasteiger partial charge in [-0.1, -0.05) is 29.8 Å². The number of ether oxygens (including phenoxy) is 2. The number of amides is 1. The van der Waals surface area contributed by atoms with Gasteiger partial charge in [-0.25, -0.2) is 4.98 Å². The number of rotatable bonds is 9. The first-order valence-corrected chi connectivity index (χ1v) is 11.1. The summed E-state index contributed by atoms with van der Waals surface area (Å²) < 4.78 is 12.8. The van der Waals surface area contributed by atoms with Crippen molar-refractivity contribution >= 4 is 17.5 Å². The second-order valence-corrected chi connectivity index (χ2v) is 8.28. The number of likely N-dealkylation sites (tertiary alicyclic amines) is 1. The minimum Gasteiger partial charge on any atom is -0.497 e. The highest BCUT2D eigenvalue weighted by atomic mass is 16.5. The zero-order chi connectivity index (χ0) is 24.2. The Morgan fingerprint density at radius 2 is 1.79 bits per heavy atom. The second kappa shape index (κ2) is 9.91. The molecule has 1 aliphatic heterocycles. The van der Waals surface area contributed by atoms with Crippen molar-refractivity contribution in [1.29, 1.82) is 0 Å². The van der Waals surface area contributed by atoms with E-state index in [-0.39, 0.29) is 5.78 Å². The Hall–Kier alpha value is -3.94. The van der Waals surface area contributed by atoms with Crippen molar-refractivity contribution in [2.75, 3.05) is 20.8 Å². The highest BCUT2D eigenvalue weighted by molar-refractivity contribution is 6.44. The number of aromatic nitrogens is 2. The van der Waals surface area contributed by atoms with Crippen LogP contribution in [0.15, 0.2) is 61.2 Å². The number of nitrogens with zero attached hydrogens (tertiary/aromatic N) is 3. The molecule has 1 aliphatic rings. The summed E-state index contributed by atoms with van der Waals surface area (Å²) in [4.78, 5) is 45.5. The predicted octanol–water partition coefficient (Wildman–Crippen LogP) is 3.25. The molecule has 2 heterocycles. The van der Waals surface area contributed by atoms with Gasteiger partial charge in [-0.05, 0) is 31.5 Å². The smallest absolute Gasteiger partial charge is 0.291 e. The van der Waals surface area contributed by atoms with Crippen LogP contribution in [0.1, 0.15) is 33.9 Å². The Balaban J connectivity index is 1.74. The normalized spacial score (nSPS) is 17.8. The van der Waals surface area contributed by atoms with Crippen molar-refractivity contribution in [2.24, 2.45) is 5.92 Å². The van der Waals surface area contributed by atoms with Gasteiger partial charge in [0.15, 0.2) is 5.78 Å². The maximum Gasteiger partial charge on any atom is 0.291 e. The van der Waals surface area contributed by atoms with Crippen LogP contribution in [0.3, 0.4) is 0 Å². The van der Waals surface area contributed by atoms with Crippen LogP contribution >= 0.6 is 0 Å². The lowest BCUT2D eigenvalue weighted by Gasteiger charge is -2.28. The summed E-state index contributed by atoms with van der Waals surface area (Å²) in [6.07, 6.45) is 5.81. The maximum absolute atomic E-state index is 13.6. The molecule has 2 unspecified atom stereocenters. The SMILES string of the molecule is COc1ccc(OC)c(C2C(C(=O)c3ccc(C)cc3)C(=O)C(=O)N2CCCn2ccnc2)c1. The Bertz CT molecular complexity index is 1190. The van der Waals surface area contributed by atoms with E-state index in [4.69, 9.17) is 9.47 Å². The van der Waals surface area contributed by atoms with Gasteiger partial charge in [0, 0.05) is 36.6 Å². The monoisotopic (exact) mass is 461 g/mol. The number of aryl methyl sites for hydroxylation is 2. The summed E-state index contributed by atoms with van der Waals surface area (Å²) in [6.45, 7) is 2.84. The molecule has 1 amide bonds. The summed E-state index contributed by atoms with van der Waals surface area (Å²) >= 11 is 0. The van der Waals surface area contributed by atoms with Crippen molar-refractivity contribution in [3.63, 3.8) is 0 Å². The number of Topliss-reactive ketones (excluding diaryl/α,β-unsaturated/α-hetero) is 2. The number of carbonyl (C=O) groups is 3. The van der Waals surface area contributed by atoms with Gasteiger partial charge in [-0.3, -0.25) is 14.4 Å². The number of hydrogen-bond acceptors (Lipinski definition) is 6. The molecule has 0 radical (unpaired) electrons. The standard InChI is InChI=1S/C26H27N3O5/c1-17-5-7-18(8-6-17)24(30)22-23(20-15-19(33-2)9-10-21(20)34-3)29(26(32)25(22)31)13-4-12-28-14-11-27-16-28/h5-11,14-16,22-23H,4,12-13H2,1-3H3. The van der Waals surface area contributed by atoms with E-state index < -0.39 is 23.7 Å². The van der Waals surface area contributed by atoms with E-state index in [9.17, 15) is 14.4 Å². The van der Waals surface area contributed by atoms with Crippen LogP contribution < -0.4 is 9.47 Å². The van der Waals surface area contributed by atoms with Gasteiger partial charge in [0.05, 0.1) is 26.6 Å². The van der Waals surface area contributed by atoms with E-state index >= 15 is 0 Å². The Labute approximate surface area is 198 Å². The molecule has 3 aromatic rings. The van der Waals surface area contributed by atoms with Gasteiger partial charge in [-0.2, -0.15) is 0 Å². The minimum absolute atomic E-state index is 0.297. The molecule has 34 heavy (non-hydrogen) atoms. The van der Waals surface area contributed by atoms with Crippen LogP contribution in [-0.2, 0) is 16.1 Å². The predicted molar refractivity (Wildman–Crippen MR) is 125 cm³/mol. The summed E-state index contributed by atoms with van der Waals surface area (Å²) in [7, 11) is 3.05. The average Bonchev–Trinajstić information content (AvgIpc) is 3.46. The molecule has 176 valence electrons. The molecule has 1 saturated heterocycles. The van der Waals surface area contributed by atoms with Crippen molar-refractivity contribution in [2.45, 2.75) is 25.9 Å². The van der Waals surface area contributed by atoms with Gasteiger partial charge in [0.25, 0.3) is 5.91 Å². The zero-order valence-electron chi connectivity index (χ0n) is 19.4. The Morgan fingerprint density at radius 1 is 1.03 bits per heavy atom. The van der Waals surface area contributed by atoms with Gasteiger partial charge in [0.1, 0.15) is 17.4 Å². The number of benzene rings is 2. The number of imidazole rings is 1. The third-order valence-corrected chi connectivity index (χ3v) is 6.15. The molecule has 0 N–H and O–H groups in total. The van der Waals surface area contributed by atoms with E-state index in [0.29, 0.717) is 42.1 Å². The second-order valence-electron chi connectivity index (χ2n) is 8.28. The van der Waals surface area contributed by atoms with Gasteiger partial charge < -0.3 is 18.9 Å². The largest absolute Gasteiger partial charge is 0.497 e. The number of ketones is 2. The molecule has 8 heteroatoms. The van der Waals surface area contributed by atoms with Crippen LogP contribution in [-0.4, -0.2) is 52.7 Å². The quantitative estimate of drug-likeness (QED) is 0.276. The summed E-state index contributed by atoms with van der Waals surface area (Å²) in [5.74, 6) is -1.90. The number of carbonyl (C=O) groups excluding carboxylic acids is 3. The third-order valence-electron chi connectivity index (χ3n) is 6.15. The van der Waals surface area contributed by atoms with Crippen molar-refractivity contribution < 1.29 is 23.9 Å². The molecule has 4 rings (SSSR count). The molecule has 0 spiro atoms. The van der Waals surface area contributed by atoms with Gasteiger partial charge in [0.2, 0.25) is 5.78 Å². The lowest BCUT2D eigenvalue weighted by Crippen LogP contribution is -2.32. The van der Waals surface area contributed by atoms with Crippen molar-refractivity contribution in [3.8, 4) is 11.5 Å². The molecule has 0 aliphatic carbocycles. The molecule has 0 bridgehead atoms. The lowest BCUT2D eigenvalue weighted by atomic mass is 9.85. The molecular weight excluding hydrogens is 434 g/mol. The van der Waals surface area contributed by atoms with Crippen LogP contribution in [0.2, 0.25) is 0 Å². The number of methoxy groups -OCH3 is 2. The molecule has 2 atom stereocenters. The third kappa shape index (κ3) is 4.44. The first kappa shape index (κ1) is 23.2. The van der Waals surface area contributed by atoms with E-state index in [1.165, 1.54) is 19.1 Å². The summed E-state index contributed by atoms with van der Waals surface area (Å²) in [5.41, 5.74) is 1.95. The minimum atomic E-state index is -1.18. The Morgan fingerprint density at radius 3 is 2.44 bits per heavy atom. The fraction of sp³-hybridized carbons (Fsp3) is 0.308. The van der Waals surface area contributed by atoms with Crippen LogP contribution in [0.5, 0.6) is 11.5 Å². The van der Waals surface area contributed by atoms with Crippen LogP contribution in [0, 0.1) is 12.8 Å². The van der Waals surface area contributed by atoms with E-state index in [1.54, 1.807) is 42.9 Å². The van der Waals surface area contributed by atoms with Crippen molar-refractivity contribution in [3.05, 3.63) is 77.9 Å². The molecular formula is C26H27N3O5. The molecule has 0 saturated carbocycles. The molecule has 1 aromatic heterocycles. The van der Waals surface area contributed by atoms with E-state index in [0.717, 1.165) is 5.56 Å². The maximum atomic E-state index is 13.6. The fourth-order valence-corrected chi connectivity index (χ4v) is 4.39. The molecule has 8 nitrogen and oxygen atoms in total. The topological polar surface area (TPSA) is 90.7 Å². The molecule has 2 aromatic carbocycles. The summed E-state index contributed by atoms with van der Waals surface area (Å²) in [6, 6.07) is 11.4. The van der Waals surface area contributed by atoms with Gasteiger partial charge in [-0.15, -0.1) is 0 Å². The van der Waals surface area contributed by atoms with Crippen LogP contribution in [0.4, 0.5) is 0 Å². The lowest BCUT2D eigenvalue weighted by molar-refractivity contribution is -0.140. The van der Waals surface area contributed by atoms with Gasteiger partial charge >= 0.3 is 0 Å². The average molecular weight is 462 g/mol. The first-order chi connectivity index (χ1) is 16.4. The molecule has 1 fully saturated rings. The zero-order valence-corrected chi connectivity index (χ0v) is 19.4. The first-order valence-electron chi connectivity index (χ1n) is 11.1. The van der Waals surface area contributed by atoms with Crippen LogP contribution in [0.25, 0.3) is 0 Å². The van der Waals surface area contributed by atoms with Crippen molar-refractivity contribution in [1.82, 2.24) is 14.5 Å².